The summed E-state index contributed by atoms with van der Waals surface area (Å²) < 4.78 is 13.3. The quantitative estimate of drug-likeness (QED) is 0.624. The van der Waals surface area contributed by atoms with Crippen LogP contribution in [0.1, 0.15) is 40.2 Å². The molecule has 5 heteroatoms. The van der Waals surface area contributed by atoms with Crippen LogP contribution in [0.3, 0.4) is 0 Å². The number of nitrogens with zero attached hydrogens (tertiary/aromatic N) is 1. The Morgan fingerprint density at radius 1 is 1.04 bits per heavy atom. The van der Waals surface area contributed by atoms with Crippen molar-refractivity contribution in [2.75, 3.05) is 0 Å². The van der Waals surface area contributed by atoms with E-state index in [-0.39, 0.29) is 11.6 Å². The summed E-state index contributed by atoms with van der Waals surface area (Å²) in [6, 6.07) is 11.0. The molecule has 0 radical (unpaired) electrons. The van der Waals surface area contributed by atoms with Crippen molar-refractivity contribution in [1.29, 1.82) is 0 Å². The number of phenolic OH excluding ortho intramolecular Hbond substituents is 1. The third kappa shape index (κ3) is 10.9. The first kappa shape index (κ1) is 22.3. The van der Waals surface area contributed by atoms with Gasteiger partial charge in [0.15, 0.2) is 0 Å². The maximum atomic E-state index is 12.7. The molecule has 0 aliphatic heterocycles. The Hall–Kier alpha value is -1.72. The Bertz CT molecular complexity index is 629. The molecule has 0 saturated heterocycles. The number of aliphatic hydroxyl groups is 1. The van der Waals surface area contributed by atoms with Crippen LogP contribution in [0.2, 0.25) is 0 Å². The van der Waals surface area contributed by atoms with Crippen molar-refractivity contribution < 1.29 is 14.6 Å². The number of aliphatic imine (C=N–C) groups is 1. The molecule has 24 heavy (non-hydrogen) atoms. The molecule has 2 rings (SSSR count). The summed E-state index contributed by atoms with van der Waals surface area (Å²) in [5.74, 6) is -0.0970. The molecule has 0 aromatic heterocycles. The second-order valence-corrected chi connectivity index (χ2v) is 6.47. The molecule has 0 unspecified atom stereocenters. The summed E-state index contributed by atoms with van der Waals surface area (Å²) >= 11 is 3.22. The van der Waals surface area contributed by atoms with Gasteiger partial charge in [0.2, 0.25) is 0 Å². The molecule has 0 fully saturated rings. The smallest absolute Gasteiger partial charge is 0.129 e. The second-order valence-electron chi connectivity index (χ2n) is 5.62. The van der Waals surface area contributed by atoms with E-state index in [1.807, 2.05) is 13.8 Å². The van der Waals surface area contributed by atoms with E-state index in [0.717, 1.165) is 5.56 Å². The zero-order chi connectivity index (χ0) is 18.8. The number of hydrogen-bond acceptors (Lipinski definition) is 3. The van der Waals surface area contributed by atoms with Crippen molar-refractivity contribution >= 4 is 27.8 Å². The molecule has 0 saturated carbocycles. The van der Waals surface area contributed by atoms with Crippen LogP contribution in [0.15, 0.2) is 51.9 Å². The number of aromatic hydroxyl groups is 1. The van der Waals surface area contributed by atoms with Gasteiger partial charge in [-0.1, -0.05) is 13.8 Å². The molecular formula is C19H25BrFNO2. The van der Waals surface area contributed by atoms with Crippen LogP contribution in [0, 0.1) is 5.82 Å². The first-order valence-electron chi connectivity index (χ1n) is 7.66. The van der Waals surface area contributed by atoms with Gasteiger partial charge in [-0.2, -0.15) is 0 Å². The molecule has 132 valence electrons. The second kappa shape index (κ2) is 10.9. The van der Waals surface area contributed by atoms with Crippen LogP contribution in [0.25, 0.3) is 0 Å². The number of phenols is 1. The van der Waals surface area contributed by atoms with Crippen LogP contribution in [0.4, 0.5) is 10.1 Å². The highest BCUT2D eigenvalue weighted by molar-refractivity contribution is 9.10. The van der Waals surface area contributed by atoms with E-state index >= 15 is 0 Å². The SMILES string of the molecule is CC.CC(C)(C)O.Oc1ccc(C=Nc2ccc(F)cc2)cc1Br. The van der Waals surface area contributed by atoms with Gasteiger partial charge in [-0.05, 0) is 84.7 Å². The number of halogens is 2. The summed E-state index contributed by atoms with van der Waals surface area (Å²) in [6.45, 7) is 9.23. The molecule has 0 spiro atoms. The lowest BCUT2D eigenvalue weighted by atomic mass is 10.2. The van der Waals surface area contributed by atoms with E-state index in [0.29, 0.717) is 10.2 Å². The lowest BCUT2D eigenvalue weighted by molar-refractivity contribution is 0.102. The largest absolute Gasteiger partial charge is 0.507 e. The minimum atomic E-state index is -0.500. The highest BCUT2D eigenvalue weighted by Gasteiger charge is 1.98. The number of rotatable bonds is 2. The lowest BCUT2D eigenvalue weighted by Crippen LogP contribution is -2.10. The highest BCUT2D eigenvalue weighted by Crippen LogP contribution is 2.23. The van der Waals surface area contributed by atoms with Gasteiger partial charge in [0.05, 0.1) is 15.8 Å². The van der Waals surface area contributed by atoms with E-state index in [1.54, 1.807) is 57.3 Å². The van der Waals surface area contributed by atoms with Gasteiger partial charge in [0.1, 0.15) is 11.6 Å². The van der Waals surface area contributed by atoms with Crippen molar-refractivity contribution in [3.05, 3.63) is 58.3 Å². The normalized spacial score (nSPS) is 10.5. The van der Waals surface area contributed by atoms with Crippen LogP contribution in [-0.2, 0) is 0 Å². The Morgan fingerprint density at radius 3 is 2.00 bits per heavy atom. The van der Waals surface area contributed by atoms with Crippen LogP contribution < -0.4 is 0 Å². The molecule has 0 amide bonds. The maximum absolute atomic E-state index is 12.7. The van der Waals surface area contributed by atoms with Gasteiger partial charge in [-0.15, -0.1) is 0 Å². The van der Waals surface area contributed by atoms with Crippen molar-refractivity contribution in [3.8, 4) is 5.75 Å². The third-order valence-electron chi connectivity index (χ3n) is 2.16. The summed E-state index contributed by atoms with van der Waals surface area (Å²) in [6.07, 6.45) is 1.65. The summed E-state index contributed by atoms with van der Waals surface area (Å²) in [5.41, 5.74) is 1.02. The predicted octanol–water partition coefficient (Wildman–Crippen LogP) is 5.85. The monoisotopic (exact) mass is 397 g/mol. The molecule has 2 aromatic carbocycles. The molecule has 0 atom stereocenters. The zero-order valence-electron chi connectivity index (χ0n) is 14.7. The van der Waals surface area contributed by atoms with Gasteiger partial charge >= 0.3 is 0 Å². The topological polar surface area (TPSA) is 52.8 Å². The summed E-state index contributed by atoms with van der Waals surface area (Å²) in [7, 11) is 0. The average Bonchev–Trinajstić information content (AvgIpc) is 2.50. The van der Waals surface area contributed by atoms with Crippen LogP contribution in [-0.4, -0.2) is 22.0 Å². The van der Waals surface area contributed by atoms with E-state index in [2.05, 4.69) is 20.9 Å². The summed E-state index contributed by atoms with van der Waals surface area (Å²) in [4.78, 5) is 4.19. The summed E-state index contributed by atoms with van der Waals surface area (Å²) in [5, 5.41) is 17.8. The Kier molecular flexibility index (Phi) is 10.2. The van der Waals surface area contributed by atoms with E-state index in [9.17, 15) is 9.50 Å². The fourth-order valence-electron chi connectivity index (χ4n) is 1.28. The molecule has 0 bridgehead atoms. The first-order valence-corrected chi connectivity index (χ1v) is 8.45. The fraction of sp³-hybridized carbons (Fsp3) is 0.316. The molecule has 2 aromatic rings. The molecular weight excluding hydrogens is 373 g/mol. The molecule has 2 N–H and O–H groups in total. The minimum Gasteiger partial charge on any atom is -0.507 e. The third-order valence-corrected chi connectivity index (χ3v) is 2.80. The van der Waals surface area contributed by atoms with Crippen molar-refractivity contribution in [3.63, 3.8) is 0 Å². The van der Waals surface area contributed by atoms with Crippen molar-refractivity contribution in [2.24, 2.45) is 4.99 Å². The Morgan fingerprint density at radius 2 is 1.54 bits per heavy atom. The van der Waals surface area contributed by atoms with E-state index < -0.39 is 5.60 Å². The maximum Gasteiger partial charge on any atom is 0.129 e. The lowest BCUT2D eigenvalue weighted by Gasteiger charge is -2.04. The standard InChI is InChI=1S/C13H9BrFNO.C4H10O.C2H6/c14-12-7-9(1-6-13(12)17)8-16-11-4-2-10(15)3-5-11;1-4(2,3)5;1-2/h1-8,17H;5H,1-3H3;1-2H3. The molecule has 0 aliphatic rings. The molecule has 0 heterocycles. The molecule has 0 aliphatic carbocycles. The highest BCUT2D eigenvalue weighted by atomic mass is 79.9. The number of benzene rings is 2. The minimum absolute atomic E-state index is 0.184. The van der Waals surface area contributed by atoms with Crippen LogP contribution >= 0.6 is 15.9 Å². The van der Waals surface area contributed by atoms with Crippen molar-refractivity contribution in [2.45, 2.75) is 40.2 Å². The van der Waals surface area contributed by atoms with Gasteiger partial charge in [0, 0.05) is 6.21 Å². The van der Waals surface area contributed by atoms with Gasteiger partial charge in [0.25, 0.3) is 0 Å². The number of hydrogen-bond donors (Lipinski definition) is 2. The van der Waals surface area contributed by atoms with E-state index in [4.69, 9.17) is 5.11 Å². The van der Waals surface area contributed by atoms with Crippen LogP contribution in [0.5, 0.6) is 5.75 Å². The molecule has 3 nitrogen and oxygen atoms in total. The first-order chi connectivity index (χ1) is 11.1. The van der Waals surface area contributed by atoms with Crippen molar-refractivity contribution in [1.82, 2.24) is 0 Å². The average molecular weight is 398 g/mol. The van der Waals surface area contributed by atoms with E-state index in [1.165, 1.54) is 12.1 Å². The Labute approximate surface area is 152 Å². The fourth-order valence-corrected chi connectivity index (χ4v) is 1.68. The zero-order valence-corrected chi connectivity index (χ0v) is 16.3. The Balaban J connectivity index is 0.000000650. The van der Waals surface area contributed by atoms with Gasteiger partial charge < -0.3 is 10.2 Å². The van der Waals surface area contributed by atoms with Gasteiger partial charge in [-0.25, -0.2) is 4.39 Å². The predicted molar refractivity (Wildman–Crippen MR) is 103 cm³/mol. The van der Waals surface area contributed by atoms with Gasteiger partial charge in [-0.3, -0.25) is 4.99 Å².